The number of phenolic OH excluding ortho intramolecular Hbond substituents is 1. The first-order valence-electron chi connectivity index (χ1n) is 7.49. The van der Waals surface area contributed by atoms with E-state index in [2.05, 4.69) is 20.8 Å². The topological polar surface area (TPSA) is 90.0 Å². The maximum Gasteiger partial charge on any atom is 0.272 e. The molecule has 0 aliphatic carbocycles. The number of aromatic amines is 1. The van der Waals surface area contributed by atoms with E-state index in [0.29, 0.717) is 18.7 Å². The Morgan fingerprint density at radius 1 is 1.41 bits per heavy atom. The molecule has 1 aromatic heterocycles. The predicted molar refractivity (Wildman–Crippen MR) is 82.7 cm³/mol. The Morgan fingerprint density at radius 2 is 2.18 bits per heavy atom. The molecule has 2 heterocycles. The number of nitrogens with zero attached hydrogens (tertiary/aromatic N) is 1. The first-order chi connectivity index (χ1) is 10.6. The van der Waals surface area contributed by atoms with Gasteiger partial charge in [-0.15, -0.1) is 0 Å². The average molecular weight is 300 g/mol. The molecular weight excluding hydrogens is 280 g/mol. The van der Waals surface area contributed by atoms with Crippen LogP contribution in [0.25, 0.3) is 0 Å². The number of aromatic nitrogens is 2. The molecule has 0 saturated heterocycles. The summed E-state index contributed by atoms with van der Waals surface area (Å²) in [6.07, 6.45) is 1.58. The van der Waals surface area contributed by atoms with Gasteiger partial charge in [0.05, 0.1) is 0 Å². The summed E-state index contributed by atoms with van der Waals surface area (Å²) in [5.74, 6) is 0.101. The van der Waals surface area contributed by atoms with E-state index in [-0.39, 0.29) is 17.7 Å². The van der Waals surface area contributed by atoms with Crippen LogP contribution in [-0.2, 0) is 19.4 Å². The standard InChI is InChI=1S/C16H20N4O2/c1-10(8-11-2-4-12(21)5-3-11)18-16(22)15-13-9-17-7-6-14(13)19-20-15/h2-5,10,17,21H,6-9H2,1H3,(H,18,22)(H,19,20). The Bertz CT molecular complexity index is 663. The van der Waals surface area contributed by atoms with Gasteiger partial charge in [0.2, 0.25) is 0 Å². The Labute approximate surface area is 128 Å². The summed E-state index contributed by atoms with van der Waals surface area (Å²) in [5.41, 5.74) is 3.58. The Hall–Kier alpha value is -2.34. The molecule has 2 aromatic rings. The lowest BCUT2D eigenvalue weighted by molar-refractivity contribution is 0.0934. The maximum atomic E-state index is 12.4. The van der Waals surface area contributed by atoms with Gasteiger partial charge in [0.15, 0.2) is 5.69 Å². The van der Waals surface area contributed by atoms with Gasteiger partial charge in [-0.2, -0.15) is 5.10 Å². The van der Waals surface area contributed by atoms with Crippen LogP contribution >= 0.6 is 0 Å². The molecule has 4 N–H and O–H groups in total. The molecule has 6 heteroatoms. The summed E-state index contributed by atoms with van der Waals surface area (Å²) in [4.78, 5) is 12.4. The lowest BCUT2D eigenvalue weighted by atomic mass is 10.1. The number of benzene rings is 1. The number of H-pyrrole nitrogens is 1. The zero-order valence-corrected chi connectivity index (χ0v) is 12.5. The van der Waals surface area contributed by atoms with Crippen molar-refractivity contribution in [2.24, 2.45) is 0 Å². The normalized spacial score (nSPS) is 15.1. The number of rotatable bonds is 4. The fourth-order valence-corrected chi connectivity index (χ4v) is 2.74. The third-order valence-corrected chi connectivity index (χ3v) is 3.88. The second kappa shape index (κ2) is 6.19. The van der Waals surface area contributed by atoms with E-state index in [1.807, 2.05) is 19.1 Å². The largest absolute Gasteiger partial charge is 0.508 e. The number of nitrogens with one attached hydrogen (secondary N) is 3. The maximum absolute atomic E-state index is 12.4. The van der Waals surface area contributed by atoms with Crippen molar-refractivity contribution in [3.05, 3.63) is 46.8 Å². The quantitative estimate of drug-likeness (QED) is 0.681. The first kappa shape index (κ1) is 14.6. The van der Waals surface area contributed by atoms with E-state index in [1.54, 1.807) is 12.1 Å². The molecular formula is C16H20N4O2. The van der Waals surface area contributed by atoms with Crippen molar-refractivity contribution in [1.29, 1.82) is 0 Å². The Kier molecular flexibility index (Phi) is 4.11. The van der Waals surface area contributed by atoms with E-state index < -0.39 is 0 Å². The molecule has 0 fully saturated rings. The van der Waals surface area contributed by atoms with Gasteiger partial charge in [-0.25, -0.2) is 0 Å². The third kappa shape index (κ3) is 3.12. The Balaban J connectivity index is 1.63. The molecule has 0 radical (unpaired) electrons. The van der Waals surface area contributed by atoms with Gasteiger partial charge >= 0.3 is 0 Å². The zero-order chi connectivity index (χ0) is 15.5. The van der Waals surface area contributed by atoms with Crippen LogP contribution in [0.1, 0.15) is 34.2 Å². The van der Waals surface area contributed by atoms with Crippen molar-refractivity contribution in [3.63, 3.8) is 0 Å². The highest BCUT2D eigenvalue weighted by atomic mass is 16.3. The van der Waals surface area contributed by atoms with Crippen molar-refractivity contribution in [1.82, 2.24) is 20.8 Å². The van der Waals surface area contributed by atoms with Crippen molar-refractivity contribution >= 4 is 5.91 Å². The van der Waals surface area contributed by atoms with Crippen LogP contribution in [0.5, 0.6) is 5.75 Å². The summed E-state index contributed by atoms with van der Waals surface area (Å²) < 4.78 is 0. The zero-order valence-electron chi connectivity index (χ0n) is 12.5. The minimum atomic E-state index is -0.146. The van der Waals surface area contributed by atoms with Crippen LogP contribution in [0.3, 0.4) is 0 Å². The van der Waals surface area contributed by atoms with Crippen molar-refractivity contribution in [3.8, 4) is 5.75 Å². The van der Waals surface area contributed by atoms with E-state index in [1.165, 1.54) is 0 Å². The number of fused-ring (bicyclic) bond motifs is 1. The molecule has 1 atom stereocenters. The van der Waals surface area contributed by atoms with Crippen LogP contribution < -0.4 is 10.6 Å². The van der Waals surface area contributed by atoms with Crippen molar-refractivity contribution in [2.75, 3.05) is 6.54 Å². The molecule has 116 valence electrons. The van der Waals surface area contributed by atoms with E-state index in [0.717, 1.165) is 29.8 Å². The number of aromatic hydroxyl groups is 1. The van der Waals surface area contributed by atoms with Gasteiger partial charge in [0, 0.05) is 36.8 Å². The van der Waals surface area contributed by atoms with Crippen LogP contribution in [0.4, 0.5) is 0 Å². The number of hydrogen-bond donors (Lipinski definition) is 4. The molecule has 1 unspecified atom stereocenters. The van der Waals surface area contributed by atoms with Gasteiger partial charge < -0.3 is 15.7 Å². The van der Waals surface area contributed by atoms with E-state index in [9.17, 15) is 9.90 Å². The number of hydrogen-bond acceptors (Lipinski definition) is 4. The predicted octanol–water partition coefficient (Wildman–Crippen LogP) is 1.12. The smallest absolute Gasteiger partial charge is 0.272 e. The average Bonchev–Trinajstić information content (AvgIpc) is 2.93. The molecule has 0 spiro atoms. The summed E-state index contributed by atoms with van der Waals surface area (Å²) in [7, 11) is 0. The number of carbonyl (C=O) groups is 1. The van der Waals surface area contributed by atoms with Crippen LogP contribution in [0.2, 0.25) is 0 Å². The molecule has 3 rings (SSSR count). The fourth-order valence-electron chi connectivity index (χ4n) is 2.74. The van der Waals surface area contributed by atoms with Gasteiger partial charge in [0.1, 0.15) is 5.75 Å². The SMILES string of the molecule is CC(Cc1ccc(O)cc1)NC(=O)c1n[nH]c2c1CNCC2. The van der Waals surface area contributed by atoms with Gasteiger partial charge in [-0.1, -0.05) is 12.1 Å². The second-order valence-corrected chi connectivity index (χ2v) is 5.70. The molecule has 22 heavy (non-hydrogen) atoms. The fraction of sp³-hybridized carbons (Fsp3) is 0.375. The summed E-state index contributed by atoms with van der Waals surface area (Å²) in [5, 5.41) is 22.6. The summed E-state index contributed by atoms with van der Waals surface area (Å²) in [6, 6.07) is 7.01. The molecule has 1 amide bonds. The van der Waals surface area contributed by atoms with Crippen molar-refractivity contribution < 1.29 is 9.90 Å². The summed E-state index contributed by atoms with van der Waals surface area (Å²) >= 11 is 0. The number of carbonyl (C=O) groups excluding carboxylic acids is 1. The minimum Gasteiger partial charge on any atom is -0.508 e. The highest BCUT2D eigenvalue weighted by molar-refractivity contribution is 5.94. The van der Waals surface area contributed by atoms with Gasteiger partial charge in [0.25, 0.3) is 5.91 Å². The molecule has 1 aliphatic rings. The van der Waals surface area contributed by atoms with Gasteiger partial charge in [-0.05, 0) is 31.0 Å². The minimum absolute atomic E-state index is 0.0130. The van der Waals surface area contributed by atoms with Crippen LogP contribution in [0, 0.1) is 0 Å². The second-order valence-electron chi connectivity index (χ2n) is 5.70. The lowest BCUT2D eigenvalue weighted by Crippen LogP contribution is -2.35. The van der Waals surface area contributed by atoms with E-state index in [4.69, 9.17) is 0 Å². The van der Waals surface area contributed by atoms with Gasteiger partial charge in [-0.3, -0.25) is 9.89 Å². The lowest BCUT2D eigenvalue weighted by Gasteiger charge is -2.15. The Morgan fingerprint density at radius 3 is 2.95 bits per heavy atom. The number of amides is 1. The van der Waals surface area contributed by atoms with E-state index >= 15 is 0 Å². The summed E-state index contributed by atoms with van der Waals surface area (Å²) in [6.45, 7) is 3.55. The molecule has 1 aromatic carbocycles. The highest BCUT2D eigenvalue weighted by Crippen LogP contribution is 2.16. The van der Waals surface area contributed by atoms with Crippen LogP contribution in [-0.4, -0.2) is 33.8 Å². The van der Waals surface area contributed by atoms with Crippen molar-refractivity contribution in [2.45, 2.75) is 32.4 Å². The first-order valence-corrected chi connectivity index (χ1v) is 7.49. The molecule has 0 bridgehead atoms. The number of phenols is 1. The molecule has 1 aliphatic heterocycles. The van der Waals surface area contributed by atoms with Crippen LogP contribution in [0.15, 0.2) is 24.3 Å². The third-order valence-electron chi connectivity index (χ3n) is 3.88. The molecule has 0 saturated carbocycles. The highest BCUT2D eigenvalue weighted by Gasteiger charge is 2.22. The monoisotopic (exact) mass is 300 g/mol. The molecule has 6 nitrogen and oxygen atoms in total.